The van der Waals surface area contributed by atoms with E-state index in [-0.39, 0.29) is 12.4 Å². The van der Waals surface area contributed by atoms with Crippen molar-refractivity contribution in [1.29, 1.82) is 0 Å². The van der Waals surface area contributed by atoms with Gasteiger partial charge in [-0.3, -0.25) is 4.90 Å². The average molecular weight is 321 g/mol. The number of likely N-dealkylation sites (tertiary alicyclic amines) is 1. The highest BCUT2D eigenvalue weighted by Crippen LogP contribution is 2.23. The van der Waals surface area contributed by atoms with Gasteiger partial charge in [0.2, 0.25) is 0 Å². The topological polar surface area (TPSA) is 38.5 Å². The Morgan fingerprint density at radius 3 is 2.68 bits per heavy atom. The van der Waals surface area contributed by atoms with E-state index in [9.17, 15) is 0 Å². The lowest BCUT2D eigenvalue weighted by Gasteiger charge is -2.21. The zero-order valence-corrected chi connectivity index (χ0v) is 13.9. The highest BCUT2D eigenvalue weighted by atomic mass is 35.5. The predicted molar refractivity (Wildman–Crippen MR) is 94.9 cm³/mol. The Morgan fingerprint density at radius 1 is 1.18 bits per heavy atom. The van der Waals surface area contributed by atoms with Crippen LogP contribution in [0.15, 0.2) is 42.5 Å². The van der Waals surface area contributed by atoms with Crippen LogP contribution < -0.4 is 10.5 Å². The van der Waals surface area contributed by atoms with Crippen molar-refractivity contribution in [1.82, 2.24) is 4.90 Å². The number of nitrogens with zero attached hydrogens (tertiary/aromatic N) is 1. The fourth-order valence-corrected chi connectivity index (χ4v) is 3.24. The van der Waals surface area contributed by atoms with Crippen LogP contribution >= 0.6 is 12.4 Å². The summed E-state index contributed by atoms with van der Waals surface area (Å²) in [6, 6.07) is 15.3. The quantitative estimate of drug-likeness (QED) is 0.918. The molecule has 3 nitrogen and oxygen atoms in total. The molecule has 1 heterocycles. The first-order valence-corrected chi connectivity index (χ1v) is 7.82. The zero-order chi connectivity index (χ0) is 14.7. The molecule has 120 valence electrons. The number of fused-ring (bicyclic) bond motifs is 1. The van der Waals surface area contributed by atoms with E-state index in [0.29, 0.717) is 12.0 Å². The third kappa shape index (κ3) is 3.92. The third-order valence-corrected chi connectivity index (χ3v) is 4.49. The molecule has 1 saturated heterocycles. The van der Waals surface area contributed by atoms with Gasteiger partial charge in [-0.1, -0.05) is 30.3 Å². The monoisotopic (exact) mass is 320 g/mol. The molecule has 0 amide bonds. The van der Waals surface area contributed by atoms with E-state index in [2.05, 4.69) is 54.3 Å². The SMILES string of the molecule is CC1CC(CN)CN1CCOc1ccc2ccccc2c1.Cl. The van der Waals surface area contributed by atoms with Crippen molar-refractivity contribution in [3.8, 4) is 5.75 Å². The Bertz CT molecular complexity index is 604. The van der Waals surface area contributed by atoms with Crippen LogP contribution in [0.4, 0.5) is 0 Å². The van der Waals surface area contributed by atoms with Crippen LogP contribution in [0.1, 0.15) is 13.3 Å². The van der Waals surface area contributed by atoms with Crippen molar-refractivity contribution in [3.63, 3.8) is 0 Å². The third-order valence-electron chi connectivity index (χ3n) is 4.49. The van der Waals surface area contributed by atoms with E-state index in [1.807, 2.05) is 0 Å². The molecule has 4 heteroatoms. The molecule has 0 aliphatic carbocycles. The minimum Gasteiger partial charge on any atom is -0.492 e. The molecule has 2 N–H and O–H groups in total. The van der Waals surface area contributed by atoms with Gasteiger partial charge in [0.15, 0.2) is 0 Å². The van der Waals surface area contributed by atoms with E-state index in [1.54, 1.807) is 0 Å². The first kappa shape index (κ1) is 17.1. The minimum absolute atomic E-state index is 0. The van der Waals surface area contributed by atoms with Crippen molar-refractivity contribution < 1.29 is 4.74 Å². The van der Waals surface area contributed by atoms with Crippen molar-refractivity contribution in [2.75, 3.05) is 26.2 Å². The van der Waals surface area contributed by atoms with Gasteiger partial charge in [-0.2, -0.15) is 0 Å². The summed E-state index contributed by atoms with van der Waals surface area (Å²) in [5.74, 6) is 1.61. The van der Waals surface area contributed by atoms with Crippen LogP contribution in [0, 0.1) is 5.92 Å². The molecule has 3 rings (SSSR count). The van der Waals surface area contributed by atoms with Crippen LogP contribution in [-0.2, 0) is 0 Å². The summed E-state index contributed by atoms with van der Waals surface area (Å²) >= 11 is 0. The fraction of sp³-hybridized carbons (Fsp3) is 0.444. The molecule has 2 aromatic rings. The standard InChI is InChI=1S/C18H24N2O.ClH/c1-14-10-15(12-19)13-20(14)8-9-21-18-7-6-16-4-2-3-5-17(16)11-18;/h2-7,11,14-15H,8-10,12-13,19H2,1H3;1H. The maximum Gasteiger partial charge on any atom is 0.120 e. The molecule has 2 atom stereocenters. The lowest BCUT2D eigenvalue weighted by atomic mass is 10.1. The molecule has 1 aliphatic heterocycles. The molecule has 2 unspecified atom stereocenters. The summed E-state index contributed by atoms with van der Waals surface area (Å²) < 4.78 is 5.92. The second-order valence-corrected chi connectivity index (χ2v) is 6.04. The van der Waals surface area contributed by atoms with Crippen LogP contribution in [0.2, 0.25) is 0 Å². The van der Waals surface area contributed by atoms with E-state index in [0.717, 1.165) is 32.0 Å². The molecule has 0 saturated carbocycles. The second-order valence-electron chi connectivity index (χ2n) is 6.04. The van der Waals surface area contributed by atoms with Gasteiger partial charge in [-0.15, -0.1) is 12.4 Å². The summed E-state index contributed by atoms with van der Waals surface area (Å²) in [4.78, 5) is 2.48. The van der Waals surface area contributed by atoms with Crippen LogP contribution in [0.5, 0.6) is 5.75 Å². The van der Waals surface area contributed by atoms with Crippen molar-refractivity contribution in [3.05, 3.63) is 42.5 Å². The number of nitrogens with two attached hydrogens (primary N) is 1. The van der Waals surface area contributed by atoms with Gasteiger partial charge in [0.1, 0.15) is 12.4 Å². The van der Waals surface area contributed by atoms with Crippen molar-refractivity contribution in [2.45, 2.75) is 19.4 Å². The van der Waals surface area contributed by atoms with Gasteiger partial charge >= 0.3 is 0 Å². The van der Waals surface area contributed by atoms with E-state index in [1.165, 1.54) is 17.2 Å². The summed E-state index contributed by atoms with van der Waals surface area (Å²) in [5, 5.41) is 2.48. The van der Waals surface area contributed by atoms with E-state index >= 15 is 0 Å². The van der Waals surface area contributed by atoms with E-state index in [4.69, 9.17) is 10.5 Å². The van der Waals surface area contributed by atoms with E-state index < -0.39 is 0 Å². The summed E-state index contributed by atoms with van der Waals surface area (Å²) in [6.07, 6.45) is 1.21. The molecule has 2 aromatic carbocycles. The smallest absolute Gasteiger partial charge is 0.120 e. The molecule has 0 aromatic heterocycles. The van der Waals surface area contributed by atoms with Crippen LogP contribution in [0.3, 0.4) is 0 Å². The Kier molecular flexibility index (Phi) is 6.07. The van der Waals surface area contributed by atoms with Gasteiger partial charge in [-0.05, 0) is 48.7 Å². The lowest BCUT2D eigenvalue weighted by Crippen LogP contribution is -2.32. The number of rotatable bonds is 5. The molecule has 0 bridgehead atoms. The summed E-state index contributed by atoms with van der Waals surface area (Å²) in [7, 11) is 0. The molecule has 22 heavy (non-hydrogen) atoms. The van der Waals surface area contributed by atoms with Gasteiger partial charge in [-0.25, -0.2) is 0 Å². The summed E-state index contributed by atoms with van der Waals surface area (Å²) in [6.45, 7) is 5.90. The molecule has 1 aliphatic rings. The van der Waals surface area contributed by atoms with Gasteiger partial charge < -0.3 is 10.5 Å². The minimum atomic E-state index is 0. The number of benzene rings is 2. The Hall–Kier alpha value is -1.29. The molecular weight excluding hydrogens is 296 g/mol. The molecule has 0 radical (unpaired) electrons. The maximum atomic E-state index is 5.92. The highest BCUT2D eigenvalue weighted by molar-refractivity contribution is 5.85. The van der Waals surface area contributed by atoms with Crippen molar-refractivity contribution >= 4 is 23.2 Å². The van der Waals surface area contributed by atoms with Gasteiger partial charge in [0.05, 0.1) is 0 Å². The second kappa shape index (κ2) is 7.82. The van der Waals surface area contributed by atoms with Gasteiger partial charge in [0.25, 0.3) is 0 Å². The predicted octanol–water partition coefficient (Wildman–Crippen LogP) is 3.31. The Labute approximate surface area is 138 Å². The molecule has 0 spiro atoms. The first-order valence-electron chi connectivity index (χ1n) is 7.82. The normalized spacial score (nSPS) is 21.7. The largest absolute Gasteiger partial charge is 0.492 e. The van der Waals surface area contributed by atoms with Crippen molar-refractivity contribution in [2.24, 2.45) is 11.7 Å². The number of hydrogen-bond donors (Lipinski definition) is 1. The maximum absolute atomic E-state index is 5.92. The lowest BCUT2D eigenvalue weighted by molar-refractivity contribution is 0.202. The Balaban J connectivity index is 0.00000176. The number of hydrogen-bond acceptors (Lipinski definition) is 3. The van der Waals surface area contributed by atoms with Crippen LogP contribution in [-0.4, -0.2) is 37.2 Å². The zero-order valence-electron chi connectivity index (χ0n) is 13.1. The Morgan fingerprint density at radius 2 is 1.95 bits per heavy atom. The molecule has 1 fully saturated rings. The van der Waals surface area contributed by atoms with Crippen LogP contribution in [0.25, 0.3) is 10.8 Å². The fourth-order valence-electron chi connectivity index (χ4n) is 3.24. The van der Waals surface area contributed by atoms with Gasteiger partial charge in [0, 0.05) is 19.1 Å². The summed E-state index contributed by atoms with van der Waals surface area (Å²) in [5.41, 5.74) is 5.77. The average Bonchev–Trinajstić information content (AvgIpc) is 2.88. The number of halogens is 1. The number of ether oxygens (including phenoxy) is 1. The first-order chi connectivity index (χ1) is 10.3. The highest BCUT2D eigenvalue weighted by Gasteiger charge is 2.27. The molecular formula is C18H25ClN2O.